The highest BCUT2D eigenvalue weighted by atomic mass is 19.4. The van der Waals surface area contributed by atoms with Crippen LogP contribution in [0.5, 0.6) is 5.88 Å². The van der Waals surface area contributed by atoms with Crippen molar-refractivity contribution in [3.63, 3.8) is 0 Å². The molecule has 0 radical (unpaired) electrons. The van der Waals surface area contributed by atoms with E-state index in [0.29, 0.717) is 38.3 Å². The van der Waals surface area contributed by atoms with Crippen LogP contribution in [0.1, 0.15) is 24.1 Å². The number of carbonyl (C=O) groups is 1. The molecule has 3 rings (SSSR count). The summed E-state index contributed by atoms with van der Waals surface area (Å²) in [7, 11) is 1.26. The summed E-state index contributed by atoms with van der Waals surface area (Å²) in [5, 5.41) is 15.0. The van der Waals surface area contributed by atoms with E-state index in [1.165, 1.54) is 17.9 Å². The maximum absolute atomic E-state index is 12.9. The topological polar surface area (TPSA) is 93.7 Å². The summed E-state index contributed by atoms with van der Waals surface area (Å²) in [4.78, 5) is 26.8. The van der Waals surface area contributed by atoms with Crippen LogP contribution in [0, 0.1) is 10.1 Å². The van der Waals surface area contributed by atoms with E-state index < -0.39 is 22.7 Å². The Hall–Kier alpha value is -3.15. The van der Waals surface area contributed by atoms with Gasteiger partial charge in [-0.3, -0.25) is 19.8 Å². The van der Waals surface area contributed by atoms with Crippen molar-refractivity contribution in [3.05, 3.63) is 51.7 Å². The number of hydrogen-bond acceptors (Lipinski definition) is 6. The first-order valence-corrected chi connectivity index (χ1v) is 9.55. The summed E-state index contributed by atoms with van der Waals surface area (Å²) in [6.45, 7) is 3.72. The summed E-state index contributed by atoms with van der Waals surface area (Å²) < 4.78 is 44.7. The second-order valence-electron chi connectivity index (χ2n) is 7.24. The number of rotatable bonds is 6. The molecule has 1 amide bonds. The number of benzene rings is 1. The van der Waals surface area contributed by atoms with Crippen LogP contribution in [0.4, 0.5) is 18.9 Å². The Morgan fingerprint density at radius 3 is 2.52 bits per heavy atom. The molecule has 12 heteroatoms. The molecule has 1 aliphatic rings. The third kappa shape index (κ3) is 5.13. The van der Waals surface area contributed by atoms with Crippen LogP contribution in [0.2, 0.25) is 0 Å². The van der Waals surface area contributed by atoms with E-state index in [1.807, 2.05) is 4.90 Å². The van der Waals surface area contributed by atoms with Crippen LogP contribution in [0.25, 0.3) is 0 Å². The Bertz CT molecular complexity index is 954. The smallest absolute Gasteiger partial charge is 0.416 e. The standard InChI is InChI=1S/C19H22F3N5O4/c1-13(26-12-16(27(29)30)17(23-26)31-2)18(28)25-8-6-24(7-9-25)11-14-4-3-5-15(10-14)19(20,21)22/h3-5,10,12-13H,6-9,11H2,1-2H3. The lowest BCUT2D eigenvalue weighted by molar-refractivity contribution is -0.385. The van der Waals surface area contributed by atoms with Gasteiger partial charge in [-0.2, -0.15) is 13.2 Å². The normalized spacial score (nSPS) is 16.2. The predicted octanol–water partition coefficient (Wildman–Crippen LogP) is 2.72. The van der Waals surface area contributed by atoms with Crippen LogP contribution < -0.4 is 4.74 Å². The lowest BCUT2D eigenvalue weighted by Crippen LogP contribution is -2.50. The van der Waals surface area contributed by atoms with Gasteiger partial charge in [0.25, 0.3) is 0 Å². The molecule has 31 heavy (non-hydrogen) atoms. The summed E-state index contributed by atoms with van der Waals surface area (Å²) in [6, 6.07) is 4.44. The Labute approximate surface area is 176 Å². The largest absolute Gasteiger partial charge is 0.475 e. The van der Waals surface area contributed by atoms with Crippen molar-refractivity contribution in [2.75, 3.05) is 33.3 Å². The van der Waals surface area contributed by atoms with Crippen molar-refractivity contribution >= 4 is 11.6 Å². The van der Waals surface area contributed by atoms with Gasteiger partial charge in [0.1, 0.15) is 12.2 Å². The fraction of sp³-hybridized carbons (Fsp3) is 0.474. The molecular formula is C19H22F3N5O4. The second-order valence-corrected chi connectivity index (χ2v) is 7.24. The van der Waals surface area contributed by atoms with E-state index >= 15 is 0 Å². The molecule has 0 saturated carbocycles. The van der Waals surface area contributed by atoms with E-state index in [2.05, 4.69) is 5.10 Å². The Morgan fingerprint density at radius 2 is 1.97 bits per heavy atom. The van der Waals surface area contributed by atoms with Crippen LogP contribution in [-0.2, 0) is 17.5 Å². The average Bonchev–Trinajstić information content (AvgIpc) is 3.18. The SMILES string of the molecule is COc1nn(C(C)C(=O)N2CCN(Cc3cccc(C(F)(F)F)c3)CC2)cc1[N+](=O)[O-]. The van der Waals surface area contributed by atoms with Crippen LogP contribution in [0.3, 0.4) is 0 Å². The number of methoxy groups -OCH3 is 1. The van der Waals surface area contributed by atoms with E-state index in [0.717, 1.165) is 18.3 Å². The minimum Gasteiger partial charge on any atom is -0.475 e. The molecule has 1 aromatic heterocycles. The number of nitrogens with zero attached hydrogens (tertiary/aromatic N) is 5. The van der Waals surface area contributed by atoms with Gasteiger partial charge in [0.05, 0.1) is 17.6 Å². The summed E-state index contributed by atoms with van der Waals surface area (Å²) in [5.74, 6) is -0.422. The molecule has 0 bridgehead atoms. The van der Waals surface area contributed by atoms with E-state index in [4.69, 9.17) is 4.74 Å². The number of hydrogen-bond donors (Lipinski definition) is 0. The number of alkyl halides is 3. The molecule has 1 atom stereocenters. The zero-order valence-corrected chi connectivity index (χ0v) is 17.0. The maximum atomic E-state index is 12.9. The lowest BCUT2D eigenvalue weighted by Gasteiger charge is -2.36. The predicted molar refractivity (Wildman–Crippen MR) is 103 cm³/mol. The number of piperazine rings is 1. The lowest BCUT2D eigenvalue weighted by atomic mass is 10.1. The molecule has 168 valence electrons. The first-order valence-electron chi connectivity index (χ1n) is 9.55. The van der Waals surface area contributed by atoms with E-state index in [1.54, 1.807) is 17.9 Å². The van der Waals surface area contributed by atoms with Crippen LogP contribution >= 0.6 is 0 Å². The highest BCUT2D eigenvalue weighted by molar-refractivity contribution is 5.80. The zero-order valence-electron chi connectivity index (χ0n) is 17.0. The number of ether oxygens (including phenoxy) is 1. The molecule has 0 aliphatic carbocycles. The molecule has 0 spiro atoms. The van der Waals surface area contributed by atoms with E-state index in [9.17, 15) is 28.1 Å². The monoisotopic (exact) mass is 441 g/mol. The molecule has 2 heterocycles. The van der Waals surface area contributed by atoms with Crippen LogP contribution in [0.15, 0.2) is 30.5 Å². The van der Waals surface area contributed by atoms with Gasteiger partial charge in [-0.05, 0) is 18.6 Å². The number of aromatic nitrogens is 2. The molecule has 9 nitrogen and oxygen atoms in total. The molecule has 1 fully saturated rings. The van der Waals surface area contributed by atoms with Gasteiger partial charge in [0, 0.05) is 32.7 Å². The fourth-order valence-electron chi connectivity index (χ4n) is 3.44. The molecule has 0 N–H and O–H groups in total. The van der Waals surface area contributed by atoms with E-state index in [-0.39, 0.29) is 17.5 Å². The van der Waals surface area contributed by atoms with Crippen molar-refractivity contribution < 1.29 is 27.6 Å². The molecule has 1 saturated heterocycles. The second kappa shape index (κ2) is 8.92. The molecule has 1 aromatic carbocycles. The summed E-state index contributed by atoms with van der Waals surface area (Å²) in [6.07, 6.45) is -3.23. The van der Waals surface area contributed by atoms with Crippen molar-refractivity contribution in [1.82, 2.24) is 19.6 Å². The molecule has 1 unspecified atom stereocenters. The Kier molecular flexibility index (Phi) is 6.48. The summed E-state index contributed by atoms with van der Waals surface area (Å²) in [5.41, 5.74) is -0.455. The minimum atomic E-state index is -4.39. The number of halogens is 3. The van der Waals surface area contributed by atoms with Gasteiger partial charge in [-0.1, -0.05) is 18.2 Å². The van der Waals surface area contributed by atoms with Crippen molar-refractivity contribution in [3.8, 4) is 5.88 Å². The number of carbonyl (C=O) groups excluding carboxylic acids is 1. The Morgan fingerprint density at radius 1 is 1.29 bits per heavy atom. The minimum absolute atomic E-state index is 0.171. The summed E-state index contributed by atoms with van der Waals surface area (Å²) >= 11 is 0. The van der Waals surface area contributed by atoms with Crippen molar-refractivity contribution in [1.29, 1.82) is 0 Å². The molecule has 1 aliphatic heterocycles. The van der Waals surface area contributed by atoms with Gasteiger partial charge in [0.2, 0.25) is 5.91 Å². The fourth-order valence-corrected chi connectivity index (χ4v) is 3.44. The zero-order chi connectivity index (χ0) is 22.8. The maximum Gasteiger partial charge on any atom is 0.416 e. The number of nitro groups is 1. The van der Waals surface area contributed by atoms with Crippen molar-refractivity contribution in [2.24, 2.45) is 0 Å². The average molecular weight is 441 g/mol. The number of amides is 1. The van der Waals surface area contributed by atoms with Crippen LogP contribution in [-0.4, -0.2) is 63.7 Å². The highest BCUT2D eigenvalue weighted by Crippen LogP contribution is 2.30. The third-order valence-corrected chi connectivity index (χ3v) is 5.17. The van der Waals surface area contributed by atoms with Gasteiger partial charge in [-0.25, -0.2) is 4.68 Å². The molecular weight excluding hydrogens is 419 g/mol. The van der Waals surface area contributed by atoms with Gasteiger partial charge in [0.15, 0.2) is 0 Å². The quantitative estimate of drug-likeness (QED) is 0.506. The Balaban J connectivity index is 1.59. The van der Waals surface area contributed by atoms with Gasteiger partial charge >= 0.3 is 17.7 Å². The van der Waals surface area contributed by atoms with Gasteiger partial charge < -0.3 is 9.64 Å². The molecule has 2 aromatic rings. The highest BCUT2D eigenvalue weighted by Gasteiger charge is 2.31. The first kappa shape index (κ1) is 22.5. The van der Waals surface area contributed by atoms with Crippen molar-refractivity contribution in [2.45, 2.75) is 25.7 Å². The third-order valence-electron chi connectivity index (χ3n) is 5.17. The first-order chi connectivity index (χ1) is 14.6. The van der Waals surface area contributed by atoms with Gasteiger partial charge in [-0.15, -0.1) is 5.10 Å².